The number of hydrogen-bond donors (Lipinski definition) is 2. The van der Waals surface area contributed by atoms with E-state index in [1.807, 2.05) is 6.26 Å². The third-order valence-corrected chi connectivity index (χ3v) is 2.99. The predicted octanol–water partition coefficient (Wildman–Crippen LogP) is 1.52. The van der Waals surface area contributed by atoms with Crippen LogP contribution in [0.5, 0.6) is 0 Å². The molecule has 17 heavy (non-hydrogen) atoms. The zero-order valence-electron chi connectivity index (χ0n) is 9.71. The third kappa shape index (κ3) is 4.20. The molecule has 2 N–H and O–H groups in total. The van der Waals surface area contributed by atoms with Gasteiger partial charge in [-0.1, -0.05) is 0 Å². The molecule has 0 amide bonds. The molecule has 0 saturated carbocycles. The van der Waals surface area contributed by atoms with Gasteiger partial charge in [0.15, 0.2) is 0 Å². The largest absolute Gasteiger partial charge is 0.387 e. The van der Waals surface area contributed by atoms with Crippen LogP contribution >= 0.6 is 11.8 Å². The van der Waals surface area contributed by atoms with E-state index in [0.717, 1.165) is 0 Å². The first-order chi connectivity index (χ1) is 7.96. The minimum Gasteiger partial charge on any atom is -0.387 e. The molecule has 0 fully saturated rings. The maximum Gasteiger partial charge on any atom is 0.311 e. The Morgan fingerprint density at radius 1 is 1.71 bits per heavy atom. The molecule has 6 nitrogen and oxygen atoms in total. The monoisotopic (exact) mass is 257 g/mol. The van der Waals surface area contributed by atoms with Gasteiger partial charge in [0.05, 0.1) is 10.5 Å². The van der Waals surface area contributed by atoms with E-state index in [4.69, 9.17) is 0 Å². The van der Waals surface area contributed by atoms with E-state index in [1.54, 1.807) is 6.92 Å². The second-order valence-electron chi connectivity index (χ2n) is 3.91. The molecule has 7 heteroatoms. The summed E-state index contributed by atoms with van der Waals surface area (Å²) in [5.41, 5.74) is -1.02. The standard InChI is InChI=1S/C10H15N3O3S/c1-10(14,7-17-2)6-12-9-8(13(15)16)4-3-5-11-9/h3-5,14H,6-7H2,1-2H3,(H,11,12). The highest BCUT2D eigenvalue weighted by Gasteiger charge is 2.22. The van der Waals surface area contributed by atoms with Crippen LogP contribution in [-0.4, -0.2) is 39.2 Å². The molecule has 0 spiro atoms. The van der Waals surface area contributed by atoms with Crippen LogP contribution in [0.3, 0.4) is 0 Å². The topological polar surface area (TPSA) is 88.3 Å². The number of thioether (sulfide) groups is 1. The quantitative estimate of drug-likeness (QED) is 0.593. The lowest BCUT2D eigenvalue weighted by atomic mass is 10.1. The molecule has 0 bridgehead atoms. The Balaban J connectivity index is 2.72. The molecule has 0 aromatic carbocycles. The number of nitrogens with one attached hydrogen (secondary N) is 1. The first kappa shape index (κ1) is 13.7. The Labute approximate surface area is 104 Å². The maximum absolute atomic E-state index is 10.7. The number of hydrogen-bond acceptors (Lipinski definition) is 6. The van der Waals surface area contributed by atoms with Crippen LogP contribution in [0.4, 0.5) is 11.5 Å². The van der Waals surface area contributed by atoms with Crippen molar-refractivity contribution in [1.29, 1.82) is 0 Å². The van der Waals surface area contributed by atoms with E-state index in [2.05, 4.69) is 10.3 Å². The Kier molecular flexibility index (Phi) is 4.71. The van der Waals surface area contributed by atoms with Gasteiger partial charge in [0.25, 0.3) is 0 Å². The smallest absolute Gasteiger partial charge is 0.311 e. The SMILES string of the molecule is CSCC(C)(O)CNc1ncccc1[N+](=O)[O-]. The summed E-state index contributed by atoms with van der Waals surface area (Å²) in [5.74, 6) is 0.722. The Morgan fingerprint density at radius 3 is 3.00 bits per heavy atom. The van der Waals surface area contributed by atoms with Crippen molar-refractivity contribution in [3.8, 4) is 0 Å². The molecule has 0 radical (unpaired) electrons. The minimum atomic E-state index is -0.926. The molecule has 0 aliphatic heterocycles. The molecular weight excluding hydrogens is 242 g/mol. The predicted molar refractivity (Wildman–Crippen MR) is 68.4 cm³/mol. The van der Waals surface area contributed by atoms with Gasteiger partial charge >= 0.3 is 5.69 Å². The lowest BCUT2D eigenvalue weighted by Crippen LogP contribution is -2.36. The second-order valence-corrected chi connectivity index (χ2v) is 4.78. The van der Waals surface area contributed by atoms with Gasteiger partial charge in [-0.25, -0.2) is 4.98 Å². The van der Waals surface area contributed by atoms with Crippen LogP contribution in [-0.2, 0) is 0 Å². The summed E-state index contributed by atoms with van der Waals surface area (Å²) in [6.45, 7) is 1.89. The fourth-order valence-electron chi connectivity index (χ4n) is 1.32. The average molecular weight is 257 g/mol. The maximum atomic E-state index is 10.7. The van der Waals surface area contributed by atoms with Crippen molar-refractivity contribution in [2.75, 3.05) is 23.9 Å². The summed E-state index contributed by atoms with van der Waals surface area (Å²) in [5, 5.41) is 23.5. The van der Waals surface area contributed by atoms with Crippen molar-refractivity contribution in [3.05, 3.63) is 28.4 Å². The number of aromatic nitrogens is 1. The van der Waals surface area contributed by atoms with Gasteiger partial charge < -0.3 is 10.4 Å². The van der Waals surface area contributed by atoms with Crippen LogP contribution in [0.2, 0.25) is 0 Å². The fourth-order valence-corrected chi connectivity index (χ4v) is 2.04. The lowest BCUT2D eigenvalue weighted by molar-refractivity contribution is -0.384. The Morgan fingerprint density at radius 2 is 2.41 bits per heavy atom. The van der Waals surface area contributed by atoms with Crippen molar-refractivity contribution >= 4 is 23.3 Å². The van der Waals surface area contributed by atoms with Crippen LogP contribution < -0.4 is 5.32 Å². The molecule has 1 aromatic heterocycles. The van der Waals surface area contributed by atoms with Gasteiger partial charge in [0.1, 0.15) is 0 Å². The van der Waals surface area contributed by atoms with Crippen molar-refractivity contribution in [2.24, 2.45) is 0 Å². The van der Waals surface area contributed by atoms with E-state index in [1.165, 1.54) is 30.1 Å². The zero-order valence-corrected chi connectivity index (χ0v) is 10.5. The van der Waals surface area contributed by atoms with Gasteiger partial charge in [-0.2, -0.15) is 11.8 Å². The fraction of sp³-hybridized carbons (Fsp3) is 0.500. The van der Waals surface area contributed by atoms with Gasteiger partial charge in [-0.05, 0) is 19.2 Å². The van der Waals surface area contributed by atoms with Gasteiger partial charge in [0, 0.05) is 24.6 Å². The molecule has 1 heterocycles. The summed E-state index contributed by atoms with van der Waals surface area (Å²) in [6.07, 6.45) is 3.36. The number of rotatable bonds is 6. The highest BCUT2D eigenvalue weighted by molar-refractivity contribution is 7.98. The minimum absolute atomic E-state index is 0.0903. The van der Waals surface area contributed by atoms with Crippen molar-refractivity contribution in [1.82, 2.24) is 4.98 Å². The molecule has 0 aliphatic rings. The number of aliphatic hydroxyl groups is 1. The summed E-state index contributed by atoms with van der Waals surface area (Å²) in [6, 6.07) is 2.88. The van der Waals surface area contributed by atoms with E-state index in [0.29, 0.717) is 5.75 Å². The highest BCUT2D eigenvalue weighted by atomic mass is 32.2. The Bertz CT molecular complexity index is 398. The molecular formula is C10H15N3O3S. The van der Waals surface area contributed by atoms with Crippen molar-refractivity contribution < 1.29 is 10.0 Å². The molecule has 0 saturated heterocycles. The normalized spacial score (nSPS) is 14.1. The average Bonchev–Trinajstić information content (AvgIpc) is 2.27. The van der Waals surface area contributed by atoms with E-state index in [-0.39, 0.29) is 18.1 Å². The zero-order chi connectivity index (χ0) is 12.9. The van der Waals surface area contributed by atoms with Gasteiger partial charge in [-0.15, -0.1) is 0 Å². The van der Waals surface area contributed by atoms with Crippen LogP contribution in [0.15, 0.2) is 18.3 Å². The Hall–Kier alpha value is -1.34. The molecule has 1 atom stereocenters. The molecule has 1 rings (SSSR count). The summed E-state index contributed by atoms with van der Waals surface area (Å²) >= 11 is 1.51. The van der Waals surface area contributed by atoms with E-state index in [9.17, 15) is 15.2 Å². The summed E-state index contributed by atoms with van der Waals surface area (Å²) in [7, 11) is 0. The molecule has 1 unspecified atom stereocenters. The van der Waals surface area contributed by atoms with Crippen LogP contribution in [0.25, 0.3) is 0 Å². The first-order valence-corrected chi connectivity index (χ1v) is 6.40. The third-order valence-electron chi connectivity index (χ3n) is 2.08. The number of pyridine rings is 1. The number of anilines is 1. The molecule has 1 aromatic rings. The van der Waals surface area contributed by atoms with Gasteiger partial charge in [-0.3, -0.25) is 10.1 Å². The molecule has 94 valence electrons. The van der Waals surface area contributed by atoms with Crippen LogP contribution in [0, 0.1) is 10.1 Å². The lowest BCUT2D eigenvalue weighted by Gasteiger charge is -2.22. The highest BCUT2D eigenvalue weighted by Crippen LogP contribution is 2.21. The second kappa shape index (κ2) is 5.83. The van der Waals surface area contributed by atoms with Crippen molar-refractivity contribution in [2.45, 2.75) is 12.5 Å². The molecule has 0 aliphatic carbocycles. The van der Waals surface area contributed by atoms with Crippen LogP contribution in [0.1, 0.15) is 6.92 Å². The van der Waals surface area contributed by atoms with E-state index < -0.39 is 10.5 Å². The number of nitro groups is 1. The van der Waals surface area contributed by atoms with Gasteiger partial charge in [0.2, 0.25) is 5.82 Å². The summed E-state index contributed by atoms with van der Waals surface area (Å²) < 4.78 is 0. The van der Waals surface area contributed by atoms with E-state index >= 15 is 0 Å². The number of nitrogens with zero attached hydrogens (tertiary/aromatic N) is 2. The van der Waals surface area contributed by atoms with Crippen molar-refractivity contribution in [3.63, 3.8) is 0 Å². The summed E-state index contributed by atoms with van der Waals surface area (Å²) in [4.78, 5) is 14.1. The first-order valence-electron chi connectivity index (χ1n) is 5.01.